The average Bonchev–Trinajstić information content (AvgIpc) is 3.23. The maximum atomic E-state index is 5.83. The van der Waals surface area contributed by atoms with E-state index in [1.807, 2.05) is 0 Å². The van der Waals surface area contributed by atoms with Crippen LogP contribution in [-0.2, 0) is 4.74 Å². The highest BCUT2D eigenvalue weighted by Crippen LogP contribution is 2.36. The molecule has 3 nitrogen and oxygen atoms in total. The van der Waals surface area contributed by atoms with Crippen LogP contribution >= 0.6 is 0 Å². The maximum absolute atomic E-state index is 5.83. The van der Waals surface area contributed by atoms with Gasteiger partial charge in [0.15, 0.2) is 0 Å². The van der Waals surface area contributed by atoms with E-state index in [0.29, 0.717) is 6.04 Å². The van der Waals surface area contributed by atoms with Crippen molar-refractivity contribution in [3.05, 3.63) is 0 Å². The van der Waals surface area contributed by atoms with E-state index in [1.165, 1.54) is 45.2 Å². The minimum absolute atomic E-state index is 0.700. The van der Waals surface area contributed by atoms with Gasteiger partial charge in [-0.05, 0) is 37.5 Å². The van der Waals surface area contributed by atoms with Crippen molar-refractivity contribution in [2.45, 2.75) is 65.0 Å². The Balaban J connectivity index is 1.69. The van der Waals surface area contributed by atoms with Crippen molar-refractivity contribution in [3.63, 3.8) is 0 Å². The van der Waals surface area contributed by atoms with Crippen LogP contribution in [0, 0.1) is 11.8 Å². The molecule has 0 amide bonds. The first kappa shape index (κ1) is 16.3. The Bertz CT molecular complexity index is 266. The fourth-order valence-electron chi connectivity index (χ4n) is 3.25. The Morgan fingerprint density at radius 3 is 2.70 bits per heavy atom. The number of nitrogens with one attached hydrogen (secondary N) is 1. The van der Waals surface area contributed by atoms with Crippen molar-refractivity contribution in [1.29, 1.82) is 0 Å². The van der Waals surface area contributed by atoms with Gasteiger partial charge in [0.05, 0.1) is 6.61 Å². The van der Waals surface area contributed by atoms with Crippen molar-refractivity contribution in [3.8, 4) is 0 Å². The zero-order chi connectivity index (χ0) is 14.4. The lowest BCUT2D eigenvalue weighted by Crippen LogP contribution is -2.57. The van der Waals surface area contributed by atoms with Gasteiger partial charge in [0.2, 0.25) is 0 Å². The Morgan fingerprint density at radius 2 is 2.05 bits per heavy atom. The van der Waals surface area contributed by atoms with Gasteiger partial charge >= 0.3 is 0 Å². The van der Waals surface area contributed by atoms with Crippen LogP contribution in [-0.4, -0.2) is 49.8 Å². The van der Waals surface area contributed by atoms with E-state index < -0.39 is 0 Å². The molecular formula is C17H34N2O. The lowest BCUT2D eigenvalue weighted by atomic mass is 10.0. The van der Waals surface area contributed by atoms with Crippen LogP contribution in [0.2, 0.25) is 0 Å². The summed E-state index contributed by atoms with van der Waals surface area (Å²) in [4.78, 5) is 2.71. The molecule has 2 rings (SSSR count). The van der Waals surface area contributed by atoms with Gasteiger partial charge in [-0.2, -0.15) is 0 Å². The third-order valence-corrected chi connectivity index (χ3v) is 4.71. The summed E-state index contributed by atoms with van der Waals surface area (Å²) in [6.45, 7) is 12.2. The van der Waals surface area contributed by atoms with E-state index in [-0.39, 0.29) is 0 Å². The van der Waals surface area contributed by atoms with E-state index in [4.69, 9.17) is 4.74 Å². The van der Waals surface area contributed by atoms with Gasteiger partial charge in [-0.25, -0.2) is 0 Å². The highest BCUT2D eigenvalue weighted by Gasteiger charge is 2.38. The Morgan fingerprint density at radius 1 is 1.25 bits per heavy atom. The zero-order valence-corrected chi connectivity index (χ0v) is 13.7. The number of ether oxygens (including phenoxy) is 1. The van der Waals surface area contributed by atoms with Gasteiger partial charge < -0.3 is 10.1 Å². The highest BCUT2D eigenvalue weighted by molar-refractivity contribution is 4.94. The lowest BCUT2D eigenvalue weighted by molar-refractivity contribution is 0.0538. The van der Waals surface area contributed by atoms with Crippen LogP contribution in [0.1, 0.15) is 52.9 Å². The van der Waals surface area contributed by atoms with Crippen LogP contribution in [0.5, 0.6) is 0 Å². The second-order valence-electron chi connectivity index (χ2n) is 7.09. The summed E-state index contributed by atoms with van der Waals surface area (Å²) in [7, 11) is 0. The normalized spacial score (nSPS) is 28.2. The first-order valence-corrected chi connectivity index (χ1v) is 8.75. The van der Waals surface area contributed by atoms with Crippen molar-refractivity contribution < 1.29 is 4.74 Å². The van der Waals surface area contributed by atoms with Gasteiger partial charge in [0, 0.05) is 38.3 Å². The molecule has 1 N–H and O–H groups in total. The maximum Gasteiger partial charge on any atom is 0.0593 e. The van der Waals surface area contributed by atoms with Gasteiger partial charge in [-0.1, -0.05) is 27.2 Å². The molecule has 1 aliphatic carbocycles. The monoisotopic (exact) mass is 282 g/mol. The van der Waals surface area contributed by atoms with E-state index in [2.05, 4.69) is 31.0 Å². The molecule has 2 fully saturated rings. The third-order valence-electron chi connectivity index (χ3n) is 4.71. The Kier molecular flexibility index (Phi) is 6.79. The molecule has 0 bridgehead atoms. The molecule has 0 spiro atoms. The molecule has 1 saturated carbocycles. The quantitative estimate of drug-likeness (QED) is 0.658. The van der Waals surface area contributed by atoms with Gasteiger partial charge in [0.25, 0.3) is 0 Å². The zero-order valence-electron chi connectivity index (χ0n) is 13.7. The minimum Gasteiger partial charge on any atom is -0.380 e. The molecule has 2 atom stereocenters. The molecule has 118 valence electrons. The van der Waals surface area contributed by atoms with Crippen molar-refractivity contribution in [1.82, 2.24) is 10.2 Å². The molecule has 0 aromatic rings. The molecule has 1 aliphatic heterocycles. The summed E-state index contributed by atoms with van der Waals surface area (Å²) < 4.78 is 5.83. The predicted molar refractivity (Wildman–Crippen MR) is 85.1 cm³/mol. The molecule has 0 aromatic carbocycles. The number of hydrogen-bond acceptors (Lipinski definition) is 3. The summed E-state index contributed by atoms with van der Waals surface area (Å²) in [6.07, 6.45) is 6.66. The smallest absolute Gasteiger partial charge is 0.0593 e. The van der Waals surface area contributed by atoms with Crippen LogP contribution in [0.3, 0.4) is 0 Å². The molecule has 0 aromatic heterocycles. The van der Waals surface area contributed by atoms with E-state index in [9.17, 15) is 0 Å². The second-order valence-corrected chi connectivity index (χ2v) is 7.09. The first-order valence-electron chi connectivity index (χ1n) is 8.75. The SMILES string of the molecule is CCCC1CN(CCOCCC(C)C)C(C2CC2)CN1. The summed E-state index contributed by atoms with van der Waals surface area (Å²) in [5.74, 6) is 1.71. The van der Waals surface area contributed by atoms with Crippen LogP contribution in [0.25, 0.3) is 0 Å². The summed E-state index contributed by atoms with van der Waals surface area (Å²) >= 11 is 0. The predicted octanol–water partition coefficient (Wildman–Crippen LogP) is 2.90. The van der Waals surface area contributed by atoms with Gasteiger partial charge in [0.1, 0.15) is 0 Å². The fourth-order valence-corrected chi connectivity index (χ4v) is 3.25. The summed E-state index contributed by atoms with van der Waals surface area (Å²) in [6, 6.07) is 1.47. The summed E-state index contributed by atoms with van der Waals surface area (Å²) in [5.41, 5.74) is 0. The Hall–Kier alpha value is -0.120. The minimum atomic E-state index is 0.700. The molecule has 1 saturated heterocycles. The molecule has 1 heterocycles. The molecule has 20 heavy (non-hydrogen) atoms. The summed E-state index contributed by atoms with van der Waals surface area (Å²) in [5, 5.41) is 3.76. The molecule has 2 unspecified atom stereocenters. The fraction of sp³-hybridized carbons (Fsp3) is 1.00. The molecule has 3 heteroatoms. The van der Waals surface area contributed by atoms with Crippen LogP contribution in [0.4, 0.5) is 0 Å². The topological polar surface area (TPSA) is 24.5 Å². The molecule has 0 radical (unpaired) electrons. The molecule has 2 aliphatic rings. The number of rotatable bonds is 9. The third kappa shape index (κ3) is 5.34. The second kappa shape index (κ2) is 8.35. The van der Waals surface area contributed by atoms with Crippen LogP contribution in [0.15, 0.2) is 0 Å². The largest absolute Gasteiger partial charge is 0.380 e. The standard InChI is InChI=1S/C17H34N2O/c1-4-5-16-13-19(9-11-20-10-8-14(2)3)17(12-18-16)15-6-7-15/h14-18H,4-13H2,1-3H3. The highest BCUT2D eigenvalue weighted by atomic mass is 16.5. The first-order chi connectivity index (χ1) is 9.70. The van der Waals surface area contributed by atoms with E-state index >= 15 is 0 Å². The Labute approximate surface area is 125 Å². The lowest BCUT2D eigenvalue weighted by Gasteiger charge is -2.40. The average molecular weight is 282 g/mol. The number of piperazine rings is 1. The number of nitrogens with zero attached hydrogens (tertiary/aromatic N) is 1. The number of hydrogen-bond donors (Lipinski definition) is 1. The van der Waals surface area contributed by atoms with Crippen molar-refractivity contribution in [2.24, 2.45) is 11.8 Å². The van der Waals surface area contributed by atoms with E-state index in [0.717, 1.165) is 37.6 Å². The van der Waals surface area contributed by atoms with Crippen molar-refractivity contribution >= 4 is 0 Å². The van der Waals surface area contributed by atoms with Crippen molar-refractivity contribution in [2.75, 3.05) is 32.8 Å². The van der Waals surface area contributed by atoms with Gasteiger partial charge in [-0.3, -0.25) is 4.90 Å². The van der Waals surface area contributed by atoms with Gasteiger partial charge in [-0.15, -0.1) is 0 Å². The van der Waals surface area contributed by atoms with E-state index in [1.54, 1.807) is 0 Å². The van der Waals surface area contributed by atoms with Crippen LogP contribution < -0.4 is 5.32 Å². The molecular weight excluding hydrogens is 248 g/mol.